The van der Waals surface area contributed by atoms with Crippen molar-refractivity contribution in [3.8, 4) is 0 Å². The summed E-state index contributed by atoms with van der Waals surface area (Å²) >= 11 is 6.13. The summed E-state index contributed by atoms with van der Waals surface area (Å²) in [6.45, 7) is 8.44. The molecule has 1 aromatic heterocycles. The Labute approximate surface area is 90.7 Å². The van der Waals surface area contributed by atoms with E-state index in [1.54, 1.807) is 6.26 Å². The first-order valence-electron chi connectivity index (χ1n) is 5.09. The van der Waals surface area contributed by atoms with Gasteiger partial charge in [0.1, 0.15) is 11.6 Å². The van der Waals surface area contributed by atoms with Gasteiger partial charge in [0.25, 0.3) is 0 Å². The smallest absolute Gasteiger partial charge is 0.212 e. The third kappa shape index (κ3) is 3.02. The van der Waals surface area contributed by atoms with Crippen LogP contribution in [0, 0.1) is 11.8 Å². The van der Waals surface area contributed by atoms with Crippen molar-refractivity contribution in [3.05, 3.63) is 17.8 Å². The van der Waals surface area contributed by atoms with E-state index >= 15 is 0 Å². The number of aromatic nitrogens is 1. The quantitative estimate of drug-likeness (QED) is 0.714. The molecule has 0 aliphatic heterocycles. The second kappa shape index (κ2) is 4.83. The van der Waals surface area contributed by atoms with Crippen molar-refractivity contribution in [1.82, 2.24) is 4.98 Å². The van der Waals surface area contributed by atoms with Gasteiger partial charge < -0.3 is 4.42 Å². The molecule has 0 saturated heterocycles. The standard InChI is InChI=1S/C11H18ClNO/c1-7(2)5-9-6-14-11(13-9)10(12)8(3)4/h6-8,10H,5H2,1-4H3. The highest BCUT2D eigenvalue weighted by atomic mass is 35.5. The summed E-state index contributed by atoms with van der Waals surface area (Å²) in [5, 5.41) is -0.115. The van der Waals surface area contributed by atoms with Gasteiger partial charge in [0, 0.05) is 0 Å². The summed E-state index contributed by atoms with van der Waals surface area (Å²) in [6, 6.07) is 0. The minimum atomic E-state index is -0.115. The Hall–Kier alpha value is -0.500. The predicted molar refractivity (Wildman–Crippen MR) is 58.5 cm³/mol. The molecule has 1 heterocycles. The largest absolute Gasteiger partial charge is 0.447 e. The molecule has 0 aliphatic rings. The molecular formula is C11H18ClNO. The highest BCUT2D eigenvalue weighted by molar-refractivity contribution is 6.20. The van der Waals surface area contributed by atoms with Crippen LogP contribution < -0.4 is 0 Å². The normalized spacial score (nSPS) is 13.9. The van der Waals surface area contributed by atoms with Crippen LogP contribution in [-0.4, -0.2) is 4.98 Å². The van der Waals surface area contributed by atoms with Crippen molar-refractivity contribution < 1.29 is 4.42 Å². The molecule has 1 atom stereocenters. The van der Waals surface area contributed by atoms with Crippen LogP contribution in [0.4, 0.5) is 0 Å². The van der Waals surface area contributed by atoms with E-state index < -0.39 is 0 Å². The van der Waals surface area contributed by atoms with Crippen LogP contribution in [-0.2, 0) is 6.42 Å². The predicted octanol–water partition coefficient (Wildman–Crippen LogP) is 3.81. The van der Waals surface area contributed by atoms with Crippen LogP contribution in [0.1, 0.15) is 44.7 Å². The minimum absolute atomic E-state index is 0.115. The molecule has 80 valence electrons. The summed E-state index contributed by atoms with van der Waals surface area (Å²) in [5.41, 5.74) is 1.00. The van der Waals surface area contributed by atoms with E-state index in [0.717, 1.165) is 12.1 Å². The molecule has 0 spiro atoms. The number of hydrogen-bond acceptors (Lipinski definition) is 2. The third-order valence-electron chi connectivity index (χ3n) is 2.01. The Morgan fingerprint density at radius 1 is 1.36 bits per heavy atom. The van der Waals surface area contributed by atoms with Crippen molar-refractivity contribution in [2.45, 2.75) is 39.5 Å². The van der Waals surface area contributed by atoms with E-state index in [1.807, 2.05) is 0 Å². The van der Waals surface area contributed by atoms with Crippen LogP contribution in [0.2, 0.25) is 0 Å². The molecule has 1 aromatic rings. The van der Waals surface area contributed by atoms with Gasteiger partial charge in [-0.2, -0.15) is 0 Å². The van der Waals surface area contributed by atoms with E-state index in [1.165, 1.54) is 0 Å². The molecule has 1 rings (SSSR count). The topological polar surface area (TPSA) is 26.0 Å². The number of halogens is 1. The second-order valence-electron chi connectivity index (χ2n) is 4.42. The molecular weight excluding hydrogens is 198 g/mol. The monoisotopic (exact) mass is 215 g/mol. The summed E-state index contributed by atoms with van der Waals surface area (Å²) in [4.78, 5) is 4.37. The number of nitrogens with zero attached hydrogens (tertiary/aromatic N) is 1. The van der Waals surface area contributed by atoms with Gasteiger partial charge in [0.05, 0.1) is 5.69 Å². The summed E-state index contributed by atoms with van der Waals surface area (Å²) in [5.74, 6) is 1.60. The molecule has 0 radical (unpaired) electrons. The lowest BCUT2D eigenvalue weighted by atomic mass is 10.1. The SMILES string of the molecule is CC(C)Cc1coc(C(Cl)C(C)C)n1. The fourth-order valence-electron chi connectivity index (χ4n) is 1.25. The average molecular weight is 216 g/mol. The molecule has 3 heteroatoms. The molecule has 2 nitrogen and oxygen atoms in total. The third-order valence-corrected chi connectivity index (χ3v) is 2.70. The van der Waals surface area contributed by atoms with Gasteiger partial charge in [-0.25, -0.2) is 4.98 Å². The van der Waals surface area contributed by atoms with Gasteiger partial charge >= 0.3 is 0 Å². The molecule has 14 heavy (non-hydrogen) atoms. The lowest BCUT2D eigenvalue weighted by Gasteiger charge is -2.07. The molecule has 0 aromatic carbocycles. The van der Waals surface area contributed by atoms with Crippen LogP contribution in [0.5, 0.6) is 0 Å². The number of alkyl halides is 1. The highest BCUT2D eigenvalue weighted by Gasteiger charge is 2.18. The maximum atomic E-state index is 6.13. The summed E-state index contributed by atoms with van der Waals surface area (Å²) < 4.78 is 5.35. The minimum Gasteiger partial charge on any atom is -0.447 e. The molecule has 0 aliphatic carbocycles. The molecule has 0 bridgehead atoms. The van der Waals surface area contributed by atoms with E-state index in [0.29, 0.717) is 17.7 Å². The van der Waals surface area contributed by atoms with Crippen LogP contribution in [0.3, 0.4) is 0 Å². The Kier molecular flexibility index (Phi) is 3.99. The van der Waals surface area contributed by atoms with Crippen molar-refractivity contribution in [2.75, 3.05) is 0 Å². The van der Waals surface area contributed by atoms with Crippen molar-refractivity contribution in [1.29, 1.82) is 0 Å². The lowest BCUT2D eigenvalue weighted by molar-refractivity contribution is 0.446. The second-order valence-corrected chi connectivity index (χ2v) is 4.89. The molecule has 0 fully saturated rings. The zero-order valence-electron chi connectivity index (χ0n) is 9.25. The maximum absolute atomic E-state index is 6.13. The van der Waals surface area contributed by atoms with Crippen molar-refractivity contribution >= 4 is 11.6 Å². The molecule has 0 saturated carbocycles. The van der Waals surface area contributed by atoms with Crippen LogP contribution in [0.25, 0.3) is 0 Å². The van der Waals surface area contributed by atoms with Crippen LogP contribution in [0.15, 0.2) is 10.7 Å². The highest BCUT2D eigenvalue weighted by Crippen LogP contribution is 2.27. The first kappa shape index (κ1) is 11.6. The Balaban J connectivity index is 2.67. The summed E-state index contributed by atoms with van der Waals surface area (Å²) in [6.07, 6.45) is 2.66. The van der Waals surface area contributed by atoms with Gasteiger partial charge in [-0.05, 0) is 18.3 Å². The number of hydrogen-bond donors (Lipinski definition) is 0. The Morgan fingerprint density at radius 3 is 2.50 bits per heavy atom. The fraction of sp³-hybridized carbons (Fsp3) is 0.727. The zero-order valence-corrected chi connectivity index (χ0v) is 10.0. The Morgan fingerprint density at radius 2 is 2.00 bits per heavy atom. The lowest BCUT2D eigenvalue weighted by Crippen LogP contribution is -2.00. The summed E-state index contributed by atoms with van der Waals surface area (Å²) in [7, 11) is 0. The van der Waals surface area contributed by atoms with Crippen LogP contribution >= 0.6 is 11.6 Å². The van der Waals surface area contributed by atoms with E-state index in [9.17, 15) is 0 Å². The maximum Gasteiger partial charge on any atom is 0.212 e. The molecule has 1 unspecified atom stereocenters. The van der Waals surface area contributed by atoms with Gasteiger partial charge in [-0.1, -0.05) is 27.7 Å². The first-order valence-corrected chi connectivity index (χ1v) is 5.52. The van der Waals surface area contributed by atoms with Gasteiger partial charge in [-0.3, -0.25) is 0 Å². The number of oxazole rings is 1. The fourth-order valence-corrected chi connectivity index (χ4v) is 1.35. The average Bonchev–Trinajstić information content (AvgIpc) is 2.50. The van der Waals surface area contributed by atoms with Gasteiger partial charge in [-0.15, -0.1) is 11.6 Å². The van der Waals surface area contributed by atoms with Gasteiger partial charge in [0.15, 0.2) is 0 Å². The van der Waals surface area contributed by atoms with E-state index in [2.05, 4.69) is 32.7 Å². The first-order chi connectivity index (χ1) is 6.50. The van der Waals surface area contributed by atoms with Gasteiger partial charge in [0.2, 0.25) is 5.89 Å². The zero-order chi connectivity index (χ0) is 10.7. The van der Waals surface area contributed by atoms with E-state index in [-0.39, 0.29) is 5.38 Å². The number of rotatable bonds is 4. The van der Waals surface area contributed by atoms with E-state index in [4.69, 9.17) is 16.0 Å². The molecule has 0 N–H and O–H groups in total. The molecule has 0 amide bonds. The Bertz CT molecular complexity index is 281. The van der Waals surface area contributed by atoms with Crippen molar-refractivity contribution in [3.63, 3.8) is 0 Å². The van der Waals surface area contributed by atoms with Crippen molar-refractivity contribution in [2.24, 2.45) is 11.8 Å².